The van der Waals surface area contributed by atoms with Crippen LogP contribution >= 0.6 is 0 Å². The fourth-order valence-electron chi connectivity index (χ4n) is 4.58. The molecule has 12 N–H and O–H groups in total. The Morgan fingerprint density at radius 3 is 1.90 bits per heavy atom. The van der Waals surface area contributed by atoms with Gasteiger partial charge in [-0.15, -0.1) is 0 Å². The van der Waals surface area contributed by atoms with Gasteiger partial charge in [0.2, 0.25) is 17.8 Å². The zero-order valence-corrected chi connectivity index (χ0v) is 26.7. The predicted molar refractivity (Wildman–Crippen MR) is 176 cm³/mol. The lowest BCUT2D eigenvalue weighted by Crippen LogP contribution is -2.45. The Hall–Kier alpha value is -6.18. The first-order valence-electron chi connectivity index (χ1n) is 15.4. The number of nitrogens with zero attached hydrogens (tertiary/aromatic N) is 3. The normalized spacial score (nSPS) is 12.7. The van der Waals surface area contributed by atoms with Crippen molar-refractivity contribution in [3.63, 3.8) is 0 Å². The fraction of sp³-hybridized carbons (Fsp3) is 0.400. The van der Waals surface area contributed by atoms with Gasteiger partial charge in [0, 0.05) is 24.1 Å². The highest BCUT2D eigenvalue weighted by Crippen LogP contribution is 2.13. The molecular formula is C30H38N10O10. The van der Waals surface area contributed by atoms with Gasteiger partial charge >= 0.3 is 17.9 Å². The number of nitrogens with two attached hydrogens (primary N) is 2. The zero-order valence-electron chi connectivity index (χ0n) is 26.7. The highest BCUT2D eigenvalue weighted by molar-refractivity contribution is 5.97. The van der Waals surface area contributed by atoms with Crippen LogP contribution < -0.4 is 38.3 Å². The summed E-state index contributed by atoms with van der Waals surface area (Å²) in [6.07, 6.45) is 1.00. The fourth-order valence-corrected chi connectivity index (χ4v) is 4.58. The van der Waals surface area contributed by atoms with E-state index in [2.05, 4.69) is 41.2 Å². The number of carboxylic acid groups (broad SMARTS) is 3. The van der Waals surface area contributed by atoms with Gasteiger partial charge in [0.25, 0.3) is 11.5 Å². The number of aliphatic carboxylic acids is 3. The summed E-state index contributed by atoms with van der Waals surface area (Å²) in [6.45, 7) is 0.526. The van der Waals surface area contributed by atoms with Gasteiger partial charge < -0.3 is 48.1 Å². The topological polar surface area (TPSA) is 335 Å². The molecule has 0 unspecified atom stereocenters. The third-order valence-electron chi connectivity index (χ3n) is 7.24. The summed E-state index contributed by atoms with van der Waals surface area (Å²) < 4.78 is 0. The number of fused-ring (bicyclic) bond motifs is 1. The SMILES string of the molecule is NCCCC[C@@H](NC(=O)CC[C@@H](NC(=O)CC[C@@H](NC(=O)c1ccc(NCc2cnc3nc(N)[nH]c(=O)c3n2)cc1)C(=O)O)C(=O)O)C(=O)O. The Kier molecular flexibility index (Phi) is 14.1. The standard InChI is InChI=1S/C30H38N10O10/c31-12-2-1-3-18(27(45)46)36-21(41)10-8-19(28(47)48)37-22(42)11-9-20(29(49)50)38-25(43)15-4-6-16(7-5-15)33-13-17-14-34-24-23(35-17)26(44)40-30(32)39-24/h4-7,14,18-20,33H,1-3,8-13,31H2,(H,36,41)(H,37,42)(H,38,43)(H,45,46)(H,47,48)(H,49,50)(H3,32,34,39,40,44)/t18-,19-,20-/m1/s1. The lowest BCUT2D eigenvalue weighted by Gasteiger charge is -2.18. The molecule has 268 valence electrons. The summed E-state index contributed by atoms with van der Waals surface area (Å²) in [6, 6.07) is 1.79. The molecule has 0 radical (unpaired) electrons. The molecule has 1 aromatic carbocycles. The second kappa shape index (κ2) is 18.4. The first-order chi connectivity index (χ1) is 23.8. The van der Waals surface area contributed by atoms with Crippen LogP contribution in [0.25, 0.3) is 11.2 Å². The molecule has 0 aliphatic rings. The molecule has 20 nitrogen and oxygen atoms in total. The van der Waals surface area contributed by atoms with Crippen molar-refractivity contribution in [2.75, 3.05) is 17.6 Å². The average Bonchev–Trinajstić information content (AvgIpc) is 3.07. The summed E-state index contributed by atoms with van der Waals surface area (Å²) in [5.74, 6) is -6.51. The van der Waals surface area contributed by atoms with Crippen LogP contribution in [0.2, 0.25) is 0 Å². The van der Waals surface area contributed by atoms with Crippen LogP contribution in [0.3, 0.4) is 0 Å². The number of amides is 3. The zero-order chi connectivity index (χ0) is 36.8. The van der Waals surface area contributed by atoms with Crippen molar-refractivity contribution in [2.24, 2.45) is 5.73 Å². The minimum Gasteiger partial charge on any atom is -0.480 e. The summed E-state index contributed by atoms with van der Waals surface area (Å²) >= 11 is 0. The number of unbranched alkanes of at least 4 members (excludes halogenated alkanes) is 1. The molecule has 0 saturated carbocycles. The van der Waals surface area contributed by atoms with Crippen molar-refractivity contribution >= 4 is 58.4 Å². The van der Waals surface area contributed by atoms with Crippen LogP contribution in [-0.4, -0.2) is 95.6 Å². The number of nitrogen functional groups attached to an aromatic ring is 1. The molecule has 0 spiro atoms. The van der Waals surface area contributed by atoms with E-state index in [4.69, 9.17) is 11.5 Å². The largest absolute Gasteiger partial charge is 0.480 e. The molecule has 50 heavy (non-hydrogen) atoms. The Morgan fingerprint density at radius 2 is 1.34 bits per heavy atom. The van der Waals surface area contributed by atoms with E-state index >= 15 is 0 Å². The van der Waals surface area contributed by atoms with Crippen molar-refractivity contribution < 1.29 is 44.1 Å². The molecule has 3 amide bonds. The number of aromatic amines is 1. The van der Waals surface area contributed by atoms with Gasteiger partial charge in [0.05, 0.1) is 18.4 Å². The maximum Gasteiger partial charge on any atom is 0.326 e. The molecule has 0 saturated heterocycles. The molecule has 0 fully saturated rings. The van der Waals surface area contributed by atoms with Gasteiger partial charge in [-0.05, 0) is 62.9 Å². The van der Waals surface area contributed by atoms with Gasteiger partial charge in [0.15, 0.2) is 11.2 Å². The molecule has 0 aliphatic heterocycles. The number of anilines is 2. The number of hydrogen-bond acceptors (Lipinski definition) is 13. The minimum absolute atomic E-state index is 0.0137. The van der Waals surface area contributed by atoms with Crippen LogP contribution in [0, 0.1) is 0 Å². The van der Waals surface area contributed by atoms with Crippen LogP contribution in [-0.2, 0) is 30.5 Å². The lowest BCUT2D eigenvalue weighted by atomic mass is 10.1. The molecule has 2 heterocycles. The predicted octanol–water partition coefficient (Wildman–Crippen LogP) is -1.08. The first-order valence-corrected chi connectivity index (χ1v) is 15.4. The summed E-state index contributed by atoms with van der Waals surface area (Å²) in [5.41, 5.74) is 11.6. The number of carbonyl (C=O) groups is 6. The number of rotatable bonds is 20. The molecule has 0 aliphatic carbocycles. The van der Waals surface area contributed by atoms with Gasteiger partial charge in [-0.1, -0.05) is 0 Å². The third kappa shape index (κ3) is 11.8. The van der Waals surface area contributed by atoms with E-state index in [-0.39, 0.29) is 48.5 Å². The molecule has 20 heteroatoms. The number of carbonyl (C=O) groups excluding carboxylic acids is 3. The Balaban J connectivity index is 1.48. The van der Waals surface area contributed by atoms with E-state index in [1.807, 2.05) is 0 Å². The number of nitrogens with one attached hydrogen (secondary N) is 5. The molecule has 3 rings (SSSR count). The third-order valence-corrected chi connectivity index (χ3v) is 7.24. The second-order valence-electron chi connectivity index (χ2n) is 11.1. The Morgan fingerprint density at radius 1 is 0.780 bits per heavy atom. The highest BCUT2D eigenvalue weighted by Gasteiger charge is 2.26. The molecule has 2 aromatic heterocycles. The summed E-state index contributed by atoms with van der Waals surface area (Å²) in [4.78, 5) is 99.0. The van der Waals surface area contributed by atoms with Crippen LogP contribution in [0.15, 0.2) is 35.3 Å². The quantitative estimate of drug-likeness (QED) is 0.0627. The van der Waals surface area contributed by atoms with Crippen LogP contribution in [0.5, 0.6) is 0 Å². The molecule has 3 aromatic rings. The second-order valence-corrected chi connectivity index (χ2v) is 11.1. The Bertz CT molecular complexity index is 1770. The molecule has 3 atom stereocenters. The van der Waals surface area contributed by atoms with E-state index in [1.165, 1.54) is 18.3 Å². The average molecular weight is 699 g/mol. The van der Waals surface area contributed by atoms with Crippen molar-refractivity contribution in [3.8, 4) is 0 Å². The monoisotopic (exact) mass is 698 g/mol. The number of benzene rings is 1. The number of hydrogen-bond donors (Lipinski definition) is 10. The lowest BCUT2D eigenvalue weighted by molar-refractivity contribution is -0.143. The number of aromatic nitrogens is 4. The van der Waals surface area contributed by atoms with Gasteiger partial charge in [-0.25, -0.2) is 24.4 Å². The maximum absolute atomic E-state index is 12.8. The van der Waals surface area contributed by atoms with Crippen molar-refractivity contribution in [1.29, 1.82) is 0 Å². The van der Waals surface area contributed by atoms with Crippen LogP contribution in [0.4, 0.5) is 11.6 Å². The summed E-state index contributed by atoms with van der Waals surface area (Å²) in [5, 5.41) is 38.3. The van der Waals surface area contributed by atoms with Crippen LogP contribution in [0.1, 0.15) is 61.0 Å². The van der Waals surface area contributed by atoms with Crippen molar-refractivity contribution in [1.82, 2.24) is 35.9 Å². The molecular weight excluding hydrogens is 660 g/mol. The van der Waals surface area contributed by atoms with E-state index < -0.39 is 72.2 Å². The van der Waals surface area contributed by atoms with Crippen molar-refractivity contribution in [3.05, 3.63) is 52.1 Å². The summed E-state index contributed by atoms with van der Waals surface area (Å²) in [7, 11) is 0. The number of H-pyrrole nitrogens is 1. The smallest absolute Gasteiger partial charge is 0.326 e. The minimum atomic E-state index is -1.51. The number of carboxylic acids is 3. The first kappa shape index (κ1) is 38.3. The van der Waals surface area contributed by atoms with E-state index in [1.54, 1.807) is 12.1 Å². The van der Waals surface area contributed by atoms with Crippen molar-refractivity contribution in [2.45, 2.75) is 69.6 Å². The maximum atomic E-state index is 12.8. The van der Waals surface area contributed by atoms with Gasteiger partial charge in [0.1, 0.15) is 18.1 Å². The van der Waals surface area contributed by atoms with Gasteiger partial charge in [-0.3, -0.25) is 24.2 Å². The Labute approximate surface area is 283 Å². The van der Waals surface area contributed by atoms with Gasteiger partial charge in [-0.2, -0.15) is 4.98 Å². The highest BCUT2D eigenvalue weighted by atomic mass is 16.4. The van der Waals surface area contributed by atoms with E-state index in [0.29, 0.717) is 30.8 Å². The molecule has 0 bridgehead atoms. The van der Waals surface area contributed by atoms with E-state index in [9.17, 15) is 48.9 Å². The van der Waals surface area contributed by atoms with E-state index in [0.717, 1.165) is 0 Å².